The fourth-order valence-electron chi connectivity index (χ4n) is 1.61. The third-order valence-corrected chi connectivity index (χ3v) is 3.01. The molecule has 0 aliphatic heterocycles. The number of nitrogens with one attached hydrogen (secondary N) is 2. The van der Waals surface area contributed by atoms with Gasteiger partial charge in [-0.15, -0.1) is 0 Å². The van der Waals surface area contributed by atoms with Crippen LogP contribution in [0.1, 0.15) is 26.3 Å². The van der Waals surface area contributed by atoms with Gasteiger partial charge in [-0.3, -0.25) is 4.79 Å². The molecule has 1 aromatic carbocycles. The molecule has 1 aromatic rings. The normalized spacial score (nSPS) is 10.7. The second-order valence-corrected chi connectivity index (χ2v) is 5.50. The first-order valence-corrected chi connectivity index (χ1v) is 7.30. The van der Waals surface area contributed by atoms with Gasteiger partial charge in [-0.25, -0.2) is 0 Å². The van der Waals surface area contributed by atoms with Crippen LogP contribution < -0.4 is 15.4 Å². The van der Waals surface area contributed by atoms with Crippen LogP contribution in [0.4, 0.5) is 0 Å². The van der Waals surface area contributed by atoms with Gasteiger partial charge in [0.1, 0.15) is 5.75 Å². The SMILES string of the molecule is CCNC(=O)COc1c(Cl)cc(Cl)cc1CNC(C)C. The molecule has 0 fully saturated rings. The van der Waals surface area contributed by atoms with Crippen molar-refractivity contribution in [3.05, 3.63) is 27.7 Å². The van der Waals surface area contributed by atoms with Crippen LogP contribution in [0, 0.1) is 0 Å². The summed E-state index contributed by atoms with van der Waals surface area (Å²) in [6.45, 7) is 7.01. The van der Waals surface area contributed by atoms with Crippen LogP contribution in [-0.4, -0.2) is 25.1 Å². The highest BCUT2D eigenvalue weighted by Gasteiger charge is 2.12. The molecule has 1 rings (SSSR count). The van der Waals surface area contributed by atoms with Crippen molar-refractivity contribution in [2.24, 2.45) is 0 Å². The van der Waals surface area contributed by atoms with E-state index in [1.807, 2.05) is 20.8 Å². The Hall–Kier alpha value is -0.970. The van der Waals surface area contributed by atoms with Crippen LogP contribution in [0.2, 0.25) is 10.0 Å². The van der Waals surface area contributed by atoms with Gasteiger partial charge in [-0.2, -0.15) is 0 Å². The third kappa shape index (κ3) is 5.57. The molecule has 2 N–H and O–H groups in total. The molecule has 0 aliphatic carbocycles. The molecule has 0 spiro atoms. The zero-order valence-electron chi connectivity index (χ0n) is 11.9. The van der Waals surface area contributed by atoms with Crippen molar-refractivity contribution in [3.63, 3.8) is 0 Å². The summed E-state index contributed by atoms with van der Waals surface area (Å²) in [5.41, 5.74) is 0.834. The molecular formula is C14H20Cl2N2O2. The van der Waals surface area contributed by atoms with Crippen LogP contribution >= 0.6 is 23.2 Å². The molecule has 0 aromatic heterocycles. The van der Waals surface area contributed by atoms with Crippen LogP contribution in [0.25, 0.3) is 0 Å². The number of carbonyl (C=O) groups excluding carboxylic acids is 1. The highest BCUT2D eigenvalue weighted by molar-refractivity contribution is 6.35. The predicted octanol–water partition coefficient (Wildman–Crippen LogP) is 3.01. The van der Waals surface area contributed by atoms with E-state index in [1.165, 1.54) is 0 Å². The molecule has 0 aliphatic rings. The lowest BCUT2D eigenvalue weighted by Gasteiger charge is -2.15. The third-order valence-electron chi connectivity index (χ3n) is 2.51. The number of benzene rings is 1. The maximum atomic E-state index is 11.5. The maximum absolute atomic E-state index is 11.5. The fourth-order valence-corrected chi connectivity index (χ4v) is 2.20. The molecule has 0 atom stereocenters. The van der Waals surface area contributed by atoms with Crippen molar-refractivity contribution in [2.45, 2.75) is 33.4 Å². The first-order chi connectivity index (χ1) is 9.43. The Bertz CT molecular complexity index is 465. The minimum atomic E-state index is -0.179. The smallest absolute Gasteiger partial charge is 0.257 e. The lowest BCUT2D eigenvalue weighted by Crippen LogP contribution is -2.29. The lowest BCUT2D eigenvalue weighted by molar-refractivity contribution is -0.122. The zero-order valence-corrected chi connectivity index (χ0v) is 13.4. The summed E-state index contributed by atoms with van der Waals surface area (Å²) < 4.78 is 5.53. The Morgan fingerprint density at radius 1 is 1.35 bits per heavy atom. The van der Waals surface area contributed by atoms with Gasteiger partial charge in [0.15, 0.2) is 6.61 Å². The van der Waals surface area contributed by atoms with Gasteiger partial charge in [0.2, 0.25) is 0 Å². The Kier molecular flexibility index (Phi) is 7.13. The number of hydrogen-bond acceptors (Lipinski definition) is 3. The molecule has 0 saturated heterocycles. The Labute approximate surface area is 129 Å². The molecule has 0 bridgehead atoms. The highest BCUT2D eigenvalue weighted by atomic mass is 35.5. The Balaban J connectivity index is 2.83. The zero-order chi connectivity index (χ0) is 15.1. The second kappa shape index (κ2) is 8.35. The van der Waals surface area contributed by atoms with Crippen molar-refractivity contribution < 1.29 is 9.53 Å². The number of ether oxygens (including phenoxy) is 1. The minimum absolute atomic E-state index is 0.0656. The van der Waals surface area contributed by atoms with Crippen molar-refractivity contribution in [2.75, 3.05) is 13.2 Å². The van der Waals surface area contributed by atoms with Crippen molar-refractivity contribution in [1.29, 1.82) is 0 Å². The van der Waals surface area contributed by atoms with Crippen LogP contribution in [0.5, 0.6) is 5.75 Å². The number of likely N-dealkylation sites (N-methyl/N-ethyl adjacent to an activating group) is 1. The van der Waals surface area contributed by atoms with Gasteiger partial charge in [0.05, 0.1) is 5.02 Å². The quantitative estimate of drug-likeness (QED) is 0.812. The average Bonchev–Trinajstić information content (AvgIpc) is 2.35. The van der Waals surface area contributed by atoms with Gasteiger partial charge in [0.25, 0.3) is 5.91 Å². The molecule has 0 heterocycles. The molecule has 112 valence electrons. The fraction of sp³-hybridized carbons (Fsp3) is 0.500. The number of halogens is 2. The van der Waals surface area contributed by atoms with Crippen LogP contribution in [0.15, 0.2) is 12.1 Å². The molecule has 1 amide bonds. The molecule has 0 radical (unpaired) electrons. The van der Waals surface area contributed by atoms with Crippen molar-refractivity contribution >= 4 is 29.1 Å². The predicted molar refractivity (Wildman–Crippen MR) is 82.6 cm³/mol. The average molecular weight is 319 g/mol. The Morgan fingerprint density at radius 2 is 2.05 bits per heavy atom. The van der Waals surface area contributed by atoms with Crippen molar-refractivity contribution in [3.8, 4) is 5.75 Å². The first-order valence-electron chi connectivity index (χ1n) is 6.54. The number of amides is 1. The summed E-state index contributed by atoms with van der Waals surface area (Å²) in [4.78, 5) is 11.5. The molecule has 6 heteroatoms. The summed E-state index contributed by atoms with van der Waals surface area (Å²) >= 11 is 12.1. The van der Waals surface area contributed by atoms with E-state index in [-0.39, 0.29) is 12.5 Å². The number of hydrogen-bond donors (Lipinski definition) is 2. The molecular weight excluding hydrogens is 299 g/mol. The van der Waals surface area contributed by atoms with Gasteiger partial charge in [-0.05, 0) is 19.1 Å². The number of carbonyl (C=O) groups is 1. The minimum Gasteiger partial charge on any atom is -0.482 e. The lowest BCUT2D eigenvalue weighted by atomic mass is 10.2. The van der Waals surface area contributed by atoms with Crippen LogP contribution in [-0.2, 0) is 11.3 Å². The largest absolute Gasteiger partial charge is 0.482 e. The highest BCUT2D eigenvalue weighted by Crippen LogP contribution is 2.32. The standard InChI is InChI=1S/C14H20Cl2N2O2/c1-4-17-13(19)8-20-14-10(7-18-9(2)3)5-11(15)6-12(14)16/h5-6,9,18H,4,7-8H2,1-3H3,(H,17,19). The van der Waals surface area contributed by atoms with E-state index in [1.54, 1.807) is 12.1 Å². The van der Waals surface area contributed by atoms with E-state index < -0.39 is 0 Å². The topological polar surface area (TPSA) is 50.4 Å². The number of rotatable bonds is 7. The van der Waals surface area contributed by atoms with Gasteiger partial charge >= 0.3 is 0 Å². The summed E-state index contributed by atoms with van der Waals surface area (Å²) in [6.07, 6.45) is 0. The molecule has 20 heavy (non-hydrogen) atoms. The van der Waals surface area contributed by atoms with E-state index in [0.717, 1.165) is 5.56 Å². The Morgan fingerprint density at radius 3 is 2.65 bits per heavy atom. The van der Waals surface area contributed by atoms with E-state index in [2.05, 4.69) is 10.6 Å². The van der Waals surface area contributed by atoms with E-state index >= 15 is 0 Å². The summed E-state index contributed by atoms with van der Waals surface area (Å²) in [6, 6.07) is 3.72. The van der Waals surface area contributed by atoms with Crippen LogP contribution in [0.3, 0.4) is 0 Å². The molecule has 0 unspecified atom stereocenters. The molecule has 4 nitrogen and oxygen atoms in total. The van der Waals surface area contributed by atoms with Gasteiger partial charge in [-0.1, -0.05) is 37.0 Å². The van der Waals surface area contributed by atoms with E-state index in [9.17, 15) is 4.79 Å². The summed E-state index contributed by atoms with van der Waals surface area (Å²) in [5, 5.41) is 6.89. The monoisotopic (exact) mass is 318 g/mol. The second-order valence-electron chi connectivity index (χ2n) is 4.65. The first kappa shape index (κ1) is 17.1. The summed E-state index contributed by atoms with van der Waals surface area (Å²) in [5.74, 6) is 0.316. The van der Waals surface area contributed by atoms with Gasteiger partial charge < -0.3 is 15.4 Å². The maximum Gasteiger partial charge on any atom is 0.257 e. The van der Waals surface area contributed by atoms with Gasteiger partial charge in [0, 0.05) is 29.7 Å². The van der Waals surface area contributed by atoms with E-state index in [4.69, 9.17) is 27.9 Å². The van der Waals surface area contributed by atoms with Crippen molar-refractivity contribution in [1.82, 2.24) is 10.6 Å². The summed E-state index contributed by atoms with van der Waals surface area (Å²) in [7, 11) is 0. The molecule has 0 saturated carbocycles. The van der Waals surface area contributed by atoms with E-state index in [0.29, 0.717) is 34.9 Å².